The second-order valence-electron chi connectivity index (χ2n) is 4.07. The van der Waals surface area contributed by atoms with E-state index in [0.29, 0.717) is 18.2 Å². The van der Waals surface area contributed by atoms with Crippen LogP contribution in [-0.4, -0.2) is 44.4 Å². The monoisotopic (exact) mass is 343 g/mol. The molecule has 106 valence electrons. The molecule has 0 aromatic heterocycles. The maximum Gasteiger partial charge on any atom is 0.243 e. The average Bonchev–Trinajstić information content (AvgIpc) is 2.41. The van der Waals surface area contributed by atoms with Gasteiger partial charge in [-0.15, -0.1) is 11.6 Å². The summed E-state index contributed by atoms with van der Waals surface area (Å²) in [7, 11) is -3.64. The van der Waals surface area contributed by atoms with Gasteiger partial charge in [0, 0.05) is 12.4 Å². The van der Waals surface area contributed by atoms with Gasteiger partial charge < -0.3 is 4.74 Å². The van der Waals surface area contributed by atoms with E-state index in [1.807, 2.05) is 0 Å². The standard InChI is InChI=1S/C11H12Cl3NO3S/c12-6-8-7-18-4-3-15(8)19(16,17)9-1-2-10(13)11(14)5-9/h1-2,5,8H,3-4,6-7H2. The summed E-state index contributed by atoms with van der Waals surface area (Å²) >= 11 is 17.4. The molecule has 0 aliphatic carbocycles. The lowest BCUT2D eigenvalue weighted by Gasteiger charge is -2.33. The third kappa shape index (κ3) is 3.17. The van der Waals surface area contributed by atoms with E-state index >= 15 is 0 Å². The van der Waals surface area contributed by atoms with Crippen molar-refractivity contribution in [2.75, 3.05) is 25.6 Å². The van der Waals surface area contributed by atoms with Crippen molar-refractivity contribution in [2.24, 2.45) is 0 Å². The Morgan fingerprint density at radius 2 is 2.05 bits per heavy atom. The Bertz CT molecular complexity index is 564. The summed E-state index contributed by atoms with van der Waals surface area (Å²) < 4.78 is 31.6. The first-order valence-corrected chi connectivity index (χ1v) is 8.30. The van der Waals surface area contributed by atoms with Crippen LogP contribution < -0.4 is 0 Å². The van der Waals surface area contributed by atoms with Gasteiger partial charge in [0.1, 0.15) is 0 Å². The molecule has 1 heterocycles. The first kappa shape index (κ1) is 15.4. The van der Waals surface area contributed by atoms with Gasteiger partial charge in [-0.3, -0.25) is 0 Å². The van der Waals surface area contributed by atoms with Crippen LogP contribution in [0.5, 0.6) is 0 Å². The number of nitrogens with zero attached hydrogens (tertiary/aromatic N) is 1. The number of alkyl halides is 1. The van der Waals surface area contributed by atoms with E-state index in [1.165, 1.54) is 22.5 Å². The lowest BCUT2D eigenvalue weighted by Crippen LogP contribution is -2.49. The van der Waals surface area contributed by atoms with Gasteiger partial charge in [0.05, 0.1) is 34.2 Å². The van der Waals surface area contributed by atoms with Gasteiger partial charge in [0.25, 0.3) is 0 Å². The van der Waals surface area contributed by atoms with Gasteiger partial charge >= 0.3 is 0 Å². The Labute approximate surface area is 127 Å². The fourth-order valence-electron chi connectivity index (χ4n) is 1.85. The fraction of sp³-hybridized carbons (Fsp3) is 0.455. The van der Waals surface area contributed by atoms with Crippen LogP contribution >= 0.6 is 34.8 Å². The highest BCUT2D eigenvalue weighted by molar-refractivity contribution is 7.89. The predicted molar refractivity (Wildman–Crippen MR) is 75.7 cm³/mol. The number of rotatable bonds is 3. The highest BCUT2D eigenvalue weighted by Gasteiger charge is 2.33. The van der Waals surface area contributed by atoms with E-state index in [4.69, 9.17) is 39.5 Å². The van der Waals surface area contributed by atoms with Gasteiger partial charge in [-0.2, -0.15) is 4.31 Å². The van der Waals surface area contributed by atoms with E-state index < -0.39 is 10.0 Å². The van der Waals surface area contributed by atoms with E-state index in [0.717, 1.165) is 0 Å². The lowest BCUT2D eigenvalue weighted by atomic mass is 10.3. The molecule has 19 heavy (non-hydrogen) atoms. The molecule has 0 amide bonds. The van der Waals surface area contributed by atoms with Crippen molar-refractivity contribution in [3.8, 4) is 0 Å². The topological polar surface area (TPSA) is 46.6 Å². The Morgan fingerprint density at radius 1 is 1.32 bits per heavy atom. The van der Waals surface area contributed by atoms with E-state index in [2.05, 4.69) is 0 Å². The molecule has 4 nitrogen and oxygen atoms in total. The molecule has 1 aromatic carbocycles. The summed E-state index contributed by atoms with van der Waals surface area (Å²) in [5.41, 5.74) is 0. The SMILES string of the molecule is O=S(=O)(c1ccc(Cl)c(Cl)c1)N1CCOCC1CCl. The summed E-state index contributed by atoms with van der Waals surface area (Å²) in [5.74, 6) is 0.181. The zero-order valence-corrected chi connectivity index (χ0v) is 12.9. The molecule has 0 spiro atoms. The number of hydrogen-bond donors (Lipinski definition) is 0. The van der Waals surface area contributed by atoms with Gasteiger partial charge in [-0.05, 0) is 18.2 Å². The Kier molecular flexibility index (Phi) is 4.98. The molecule has 8 heteroatoms. The van der Waals surface area contributed by atoms with Crippen molar-refractivity contribution in [1.29, 1.82) is 0 Å². The molecule has 1 aromatic rings. The summed E-state index contributed by atoms with van der Waals surface area (Å²) in [5, 5.41) is 0.523. The van der Waals surface area contributed by atoms with Crippen LogP contribution in [0.2, 0.25) is 10.0 Å². The summed E-state index contributed by atoms with van der Waals surface area (Å²) in [4.78, 5) is 0.110. The molecule has 0 saturated carbocycles. The quantitative estimate of drug-likeness (QED) is 0.792. The Hall–Kier alpha value is -0.0400. The van der Waals surface area contributed by atoms with Crippen LogP contribution in [0.15, 0.2) is 23.1 Å². The first-order chi connectivity index (χ1) is 8.96. The molecular formula is C11H12Cl3NO3S. The van der Waals surface area contributed by atoms with Gasteiger partial charge in [-0.1, -0.05) is 23.2 Å². The highest BCUT2D eigenvalue weighted by Crippen LogP contribution is 2.28. The smallest absolute Gasteiger partial charge is 0.243 e. The Morgan fingerprint density at radius 3 is 2.68 bits per heavy atom. The largest absolute Gasteiger partial charge is 0.378 e. The minimum absolute atomic E-state index is 0.110. The van der Waals surface area contributed by atoms with Crippen LogP contribution in [0.4, 0.5) is 0 Å². The molecule has 1 aliphatic heterocycles. The number of halogens is 3. The highest BCUT2D eigenvalue weighted by atomic mass is 35.5. The molecular weight excluding hydrogens is 333 g/mol. The van der Waals surface area contributed by atoms with Crippen molar-refractivity contribution in [1.82, 2.24) is 4.31 Å². The van der Waals surface area contributed by atoms with Crippen molar-refractivity contribution >= 4 is 44.8 Å². The van der Waals surface area contributed by atoms with Crippen LogP contribution in [0.1, 0.15) is 0 Å². The maximum absolute atomic E-state index is 12.5. The first-order valence-electron chi connectivity index (χ1n) is 5.57. The van der Waals surface area contributed by atoms with Gasteiger partial charge in [-0.25, -0.2) is 8.42 Å². The van der Waals surface area contributed by atoms with Crippen LogP contribution in [0.25, 0.3) is 0 Å². The van der Waals surface area contributed by atoms with Crippen LogP contribution in [-0.2, 0) is 14.8 Å². The molecule has 1 atom stereocenters. The lowest BCUT2D eigenvalue weighted by molar-refractivity contribution is 0.0404. The van der Waals surface area contributed by atoms with E-state index in [1.54, 1.807) is 0 Å². The minimum Gasteiger partial charge on any atom is -0.378 e. The number of ether oxygens (including phenoxy) is 1. The van der Waals surface area contributed by atoms with Crippen LogP contribution in [0.3, 0.4) is 0 Å². The second-order valence-corrected chi connectivity index (χ2v) is 7.09. The second kappa shape index (κ2) is 6.16. The molecule has 0 bridgehead atoms. The van der Waals surface area contributed by atoms with Gasteiger partial charge in [0.15, 0.2) is 0 Å². The molecule has 0 N–H and O–H groups in total. The molecule has 1 unspecified atom stereocenters. The fourth-order valence-corrected chi connectivity index (χ4v) is 4.17. The zero-order chi connectivity index (χ0) is 14.0. The van der Waals surface area contributed by atoms with Crippen molar-refractivity contribution in [3.63, 3.8) is 0 Å². The molecule has 2 rings (SSSR count). The Balaban J connectivity index is 2.37. The third-order valence-electron chi connectivity index (χ3n) is 2.85. The minimum atomic E-state index is -3.64. The predicted octanol–water partition coefficient (Wildman–Crippen LogP) is 2.62. The zero-order valence-electron chi connectivity index (χ0n) is 9.85. The van der Waals surface area contributed by atoms with Gasteiger partial charge in [0.2, 0.25) is 10.0 Å². The molecule has 1 saturated heterocycles. The maximum atomic E-state index is 12.5. The number of sulfonamides is 1. The van der Waals surface area contributed by atoms with Crippen molar-refractivity contribution in [2.45, 2.75) is 10.9 Å². The summed E-state index contributed by atoms with van der Waals surface area (Å²) in [6, 6.07) is 3.88. The average molecular weight is 345 g/mol. The van der Waals surface area contributed by atoms with Crippen LogP contribution in [0, 0.1) is 0 Å². The van der Waals surface area contributed by atoms with Crippen molar-refractivity contribution < 1.29 is 13.2 Å². The molecule has 1 fully saturated rings. The number of benzene rings is 1. The van der Waals surface area contributed by atoms with Crippen molar-refractivity contribution in [3.05, 3.63) is 28.2 Å². The summed E-state index contributed by atoms with van der Waals surface area (Å²) in [6.07, 6.45) is 0. The summed E-state index contributed by atoms with van der Waals surface area (Å²) in [6.45, 7) is 0.929. The third-order valence-corrected chi connectivity index (χ3v) is 5.89. The normalized spacial score (nSPS) is 21.5. The number of hydrogen-bond acceptors (Lipinski definition) is 3. The number of morpholine rings is 1. The molecule has 1 aliphatic rings. The molecule has 0 radical (unpaired) electrons. The van der Waals surface area contributed by atoms with E-state index in [-0.39, 0.29) is 28.4 Å². The van der Waals surface area contributed by atoms with E-state index in [9.17, 15) is 8.42 Å².